The van der Waals surface area contributed by atoms with Crippen molar-refractivity contribution in [2.45, 2.75) is 6.54 Å². The van der Waals surface area contributed by atoms with Crippen LogP contribution in [0.1, 0.15) is 5.56 Å². The van der Waals surface area contributed by atoms with E-state index in [4.69, 9.17) is 28.4 Å². The molecule has 9 heteroatoms. The Labute approximate surface area is 221 Å². The summed E-state index contributed by atoms with van der Waals surface area (Å²) in [5, 5.41) is 19.7. The smallest absolute Gasteiger partial charge is 0.203 e. The van der Waals surface area contributed by atoms with E-state index in [1.807, 2.05) is 41.2 Å². The predicted octanol–water partition coefficient (Wildman–Crippen LogP) is 5.33. The molecule has 4 aromatic rings. The standard InChI is InChI=1S/C29H31NO8/c1-33-24-10-18(11-25(34-2)28(24)37-5)20-15-30(14-17-7-8-22(31)23(32)9-17)16-21(20)19-12-26(35-3)29(38-6)27(13-19)36-4/h7-13,15-16,31-32H,14H2,1-6H3. The first-order chi connectivity index (χ1) is 18.4. The van der Waals surface area contributed by atoms with E-state index in [1.54, 1.807) is 48.7 Å². The summed E-state index contributed by atoms with van der Waals surface area (Å²) < 4.78 is 35.4. The number of aromatic nitrogens is 1. The maximum atomic E-state index is 9.98. The van der Waals surface area contributed by atoms with E-state index in [0.29, 0.717) is 41.0 Å². The molecule has 1 aromatic heterocycles. The van der Waals surface area contributed by atoms with Crippen molar-refractivity contribution in [3.63, 3.8) is 0 Å². The summed E-state index contributed by atoms with van der Waals surface area (Å²) in [6.07, 6.45) is 3.98. The number of benzene rings is 3. The number of nitrogens with zero attached hydrogens (tertiary/aromatic N) is 1. The number of hydrogen-bond acceptors (Lipinski definition) is 8. The van der Waals surface area contributed by atoms with Crippen LogP contribution in [-0.4, -0.2) is 57.4 Å². The van der Waals surface area contributed by atoms with Crippen LogP contribution in [0.25, 0.3) is 22.3 Å². The lowest BCUT2D eigenvalue weighted by atomic mass is 9.97. The summed E-state index contributed by atoms with van der Waals surface area (Å²) in [5.41, 5.74) is 4.22. The van der Waals surface area contributed by atoms with Crippen molar-refractivity contribution < 1.29 is 38.6 Å². The lowest BCUT2D eigenvalue weighted by Crippen LogP contribution is -1.96. The zero-order valence-corrected chi connectivity index (χ0v) is 22.2. The molecule has 4 rings (SSSR count). The minimum Gasteiger partial charge on any atom is -0.504 e. The van der Waals surface area contributed by atoms with Crippen LogP contribution >= 0.6 is 0 Å². The van der Waals surface area contributed by atoms with E-state index in [9.17, 15) is 10.2 Å². The minimum absolute atomic E-state index is 0.169. The average molecular weight is 522 g/mol. The lowest BCUT2D eigenvalue weighted by Gasteiger charge is -2.16. The third kappa shape index (κ3) is 4.95. The van der Waals surface area contributed by atoms with Crippen molar-refractivity contribution in [3.05, 3.63) is 60.4 Å². The largest absolute Gasteiger partial charge is 0.504 e. The summed E-state index contributed by atoms with van der Waals surface area (Å²) >= 11 is 0. The Bertz CT molecular complexity index is 1310. The van der Waals surface area contributed by atoms with E-state index >= 15 is 0 Å². The second kappa shape index (κ2) is 11.2. The molecule has 0 saturated carbocycles. The van der Waals surface area contributed by atoms with E-state index < -0.39 is 0 Å². The highest BCUT2D eigenvalue weighted by Gasteiger charge is 2.21. The van der Waals surface area contributed by atoms with Crippen molar-refractivity contribution in [1.82, 2.24) is 4.57 Å². The van der Waals surface area contributed by atoms with Crippen molar-refractivity contribution in [2.75, 3.05) is 42.7 Å². The van der Waals surface area contributed by atoms with Crippen molar-refractivity contribution in [3.8, 4) is 68.2 Å². The Morgan fingerprint density at radius 3 is 1.32 bits per heavy atom. The molecule has 0 aliphatic carbocycles. The fourth-order valence-electron chi connectivity index (χ4n) is 4.41. The average Bonchev–Trinajstić information content (AvgIpc) is 3.36. The molecule has 38 heavy (non-hydrogen) atoms. The first-order valence-electron chi connectivity index (χ1n) is 11.7. The maximum Gasteiger partial charge on any atom is 0.203 e. The maximum absolute atomic E-state index is 9.98. The number of ether oxygens (including phenoxy) is 6. The van der Waals surface area contributed by atoms with Crippen LogP contribution < -0.4 is 28.4 Å². The molecular formula is C29H31NO8. The van der Waals surface area contributed by atoms with Gasteiger partial charge in [-0.1, -0.05) is 6.07 Å². The number of hydrogen-bond donors (Lipinski definition) is 2. The molecule has 0 fully saturated rings. The molecule has 1 heterocycles. The zero-order chi connectivity index (χ0) is 27.4. The van der Waals surface area contributed by atoms with Gasteiger partial charge in [-0.25, -0.2) is 0 Å². The number of methoxy groups -OCH3 is 6. The third-order valence-electron chi connectivity index (χ3n) is 6.24. The lowest BCUT2D eigenvalue weighted by molar-refractivity contribution is 0.324. The van der Waals surface area contributed by atoms with E-state index in [-0.39, 0.29) is 11.5 Å². The first kappa shape index (κ1) is 26.4. The molecule has 0 bridgehead atoms. The van der Waals surface area contributed by atoms with E-state index in [2.05, 4.69) is 0 Å². The molecule has 3 aromatic carbocycles. The van der Waals surface area contributed by atoms with Gasteiger partial charge in [-0.3, -0.25) is 0 Å². The van der Waals surface area contributed by atoms with Gasteiger partial charge in [0, 0.05) is 30.1 Å². The minimum atomic E-state index is -0.177. The van der Waals surface area contributed by atoms with Gasteiger partial charge in [-0.05, 0) is 53.1 Å². The quantitative estimate of drug-likeness (QED) is 0.270. The Balaban J connectivity index is 1.94. The third-order valence-corrected chi connectivity index (χ3v) is 6.24. The Kier molecular flexibility index (Phi) is 7.76. The molecule has 0 atom stereocenters. The molecule has 0 aliphatic heterocycles. The second-order valence-corrected chi connectivity index (χ2v) is 8.41. The summed E-state index contributed by atoms with van der Waals surface area (Å²) in [6, 6.07) is 12.3. The molecule has 0 aliphatic rings. The SMILES string of the molecule is COc1cc(-c2cn(Cc3ccc(O)c(O)c3)cc2-c2cc(OC)c(OC)c(OC)c2)cc(OC)c1OC. The van der Waals surface area contributed by atoms with Crippen molar-refractivity contribution in [1.29, 1.82) is 0 Å². The molecule has 9 nitrogen and oxygen atoms in total. The highest BCUT2D eigenvalue weighted by molar-refractivity contribution is 5.87. The fraction of sp³-hybridized carbons (Fsp3) is 0.241. The van der Waals surface area contributed by atoms with Crippen molar-refractivity contribution >= 4 is 0 Å². The normalized spacial score (nSPS) is 10.7. The Morgan fingerprint density at radius 2 is 0.974 bits per heavy atom. The van der Waals surface area contributed by atoms with Crippen LogP contribution in [0.4, 0.5) is 0 Å². The first-order valence-corrected chi connectivity index (χ1v) is 11.7. The summed E-state index contributed by atoms with van der Waals surface area (Å²) in [6.45, 7) is 0.440. The molecule has 0 radical (unpaired) electrons. The Hall–Kier alpha value is -4.66. The van der Waals surface area contributed by atoms with E-state index in [1.165, 1.54) is 12.1 Å². The van der Waals surface area contributed by atoms with Gasteiger partial charge in [0.05, 0.1) is 42.7 Å². The number of rotatable bonds is 10. The van der Waals surface area contributed by atoms with Crippen LogP contribution in [0.2, 0.25) is 0 Å². The van der Waals surface area contributed by atoms with E-state index in [0.717, 1.165) is 27.8 Å². The molecule has 2 N–H and O–H groups in total. The molecule has 0 unspecified atom stereocenters. The highest BCUT2D eigenvalue weighted by atomic mass is 16.5. The topological polar surface area (TPSA) is 101 Å². The van der Waals surface area contributed by atoms with Crippen LogP contribution in [-0.2, 0) is 6.54 Å². The predicted molar refractivity (Wildman–Crippen MR) is 143 cm³/mol. The van der Waals surface area contributed by atoms with Gasteiger partial charge >= 0.3 is 0 Å². The van der Waals surface area contributed by atoms with Gasteiger partial charge in [0.2, 0.25) is 11.5 Å². The van der Waals surface area contributed by atoms with Crippen LogP contribution in [0, 0.1) is 0 Å². The Morgan fingerprint density at radius 1 is 0.553 bits per heavy atom. The highest BCUT2D eigenvalue weighted by Crippen LogP contribution is 2.46. The monoisotopic (exact) mass is 521 g/mol. The number of aromatic hydroxyl groups is 2. The van der Waals surface area contributed by atoms with Crippen LogP contribution in [0.5, 0.6) is 46.0 Å². The summed E-state index contributed by atoms with van der Waals surface area (Å²) in [7, 11) is 9.41. The molecule has 0 spiro atoms. The summed E-state index contributed by atoms with van der Waals surface area (Å²) in [5.74, 6) is 2.73. The number of phenols is 2. The van der Waals surface area contributed by atoms with Gasteiger partial charge in [0.1, 0.15) is 0 Å². The van der Waals surface area contributed by atoms with Gasteiger partial charge < -0.3 is 43.2 Å². The molecule has 200 valence electrons. The van der Waals surface area contributed by atoms with Gasteiger partial charge in [0.15, 0.2) is 34.5 Å². The van der Waals surface area contributed by atoms with Crippen LogP contribution in [0.15, 0.2) is 54.9 Å². The molecule has 0 saturated heterocycles. The summed E-state index contributed by atoms with van der Waals surface area (Å²) in [4.78, 5) is 0. The van der Waals surface area contributed by atoms with Gasteiger partial charge in [0.25, 0.3) is 0 Å². The van der Waals surface area contributed by atoms with Gasteiger partial charge in [-0.15, -0.1) is 0 Å². The number of phenolic OH excluding ortho intramolecular Hbond substituents is 2. The van der Waals surface area contributed by atoms with Crippen molar-refractivity contribution in [2.24, 2.45) is 0 Å². The van der Waals surface area contributed by atoms with Crippen LogP contribution in [0.3, 0.4) is 0 Å². The van der Waals surface area contributed by atoms with Gasteiger partial charge in [-0.2, -0.15) is 0 Å². The second-order valence-electron chi connectivity index (χ2n) is 8.41. The fourth-order valence-corrected chi connectivity index (χ4v) is 4.41. The molecule has 0 amide bonds. The zero-order valence-electron chi connectivity index (χ0n) is 22.2. The molecular weight excluding hydrogens is 490 g/mol.